The molecule has 0 bridgehead atoms. The first-order chi connectivity index (χ1) is 23.3. The van der Waals surface area contributed by atoms with E-state index in [4.69, 9.17) is 7.26 Å². The molecule has 48 heavy (non-hydrogen) atoms. The molecule has 0 amide bonds. The van der Waals surface area contributed by atoms with E-state index in [-0.39, 0.29) is 0 Å². The molecule has 0 aliphatic carbocycles. The van der Waals surface area contributed by atoms with Crippen LogP contribution in [0.2, 0.25) is 0 Å². The van der Waals surface area contributed by atoms with Gasteiger partial charge in [0.05, 0.1) is 11.5 Å². The lowest BCUT2D eigenvalue weighted by molar-refractivity contribution is 0.497. The van der Waals surface area contributed by atoms with Gasteiger partial charge in [0.15, 0.2) is 0 Å². The summed E-state index contributed by atoms with van der Waals surface area (Å²) < 4.78 is 68.9. The highest BCUT2D eigenvalue weighted by Gasteiger charge is 2.40. The van der Waals surface area contributed by atoms with Crippen LogP contribution in [-0.2, 0) is 27.5 Å². The summed E-state index contributed by atoms with van der Waals surface area (Å²) in [6.45, 7) is 0. The Morgan fingerprint density at radius 3 is 0.625 bits per heavy atom. The summed E-state index contributed by atoms with van der Waals surface area (Å²) in [6, 6.07) is 55.1. The smallest absolute Gasteiger partial charge is 0.207 e. The molecule has 0 spiro atoms. The lowest BCUT2D eigenvalue weighted by Gasteiger charge is -2.40. The van der Waals surface area contributed by atoms with Gasteiger partial charge in [-0.2, -0.15) is 16.8 Å². The van der Waals surface area contributed by atoms with Crippen molar-refractivity contribution in [3.8, 4) is 0 Å². The van der Waals surface area contributed by atoms with Crippen molar-refractivity contribution >= 4 is 40.9 Å². The number of hydrogen-bond donors (Lipinski definition) is 0. The zero-order valence-electron chi connectivity index (χ0n) is 25.8. The Morgan fingerprint density at radius 1 is 0.292 bits per heavy atom. The Labute approximate surface area is 286 Å². The molecule has 10 heteroatoms. The highest BCUT2D eigenvalue weighted by molar-refractivity contribution is 8.33. The lowest BCUT2D eigenvalue weighted by Crippen LogP contribution is -2.24. The third-order valence-corrected chi connectivity index (χ3v) is 18.0. The van der Waals surface area contributed by atoms with E-state index in [0.717, 1.165) is 0 Å². The maximum Gasteiger partial charge on any atom is 0.278 e. The Balaban J connectivity index is 1.39. The lowest BCUT2D eigenvalue weighted by atomic mass is 10.4. The molecular formula is C38H34O6S4. The fourth-order valence-electron chi connectivity index (χ4n) is 5.31. The van der Waals surface area contributed by atoms with E-state index in [2.05, 4.69) is 0 Å². The van der Waals surface area contributed by atoms with Crippen molar-refractivity contribution < 1.29 is 24.1 Å². The molecule has 0 atom stereocenters. The van der Waals surface area contributed by atoms with Crippen LogP contribution in [0.5, 0.6) is 0 Å². The summed E-state index contributed by atoms with van der Waals surface area (Å²) in [7, 11) is -14.6. The largest absolute Gasteiger partial charge is 0.278 e. The van der Waals surface area contributed by atoms with Crippen molar-refractivity contribution in [1.29, 1.82) is 0 Å². The van der Waals surface area contributed by atoms with Crippen molar-refractivity contribution in [3.63, 3.8) is 0 Å². The molecule has 0 heterocycles. The Bertz CT molecular complexity index is 1780. The summed E-state index contributed by atoms with van der Waals surface area (Å²) in [6.07, 6.45) is 0. The van der Waals surface area contributed by atoms with Crippen LogP contribution in [0.25, 0.3) is 0 Å². The molecule has 246 valence electrons. The Hall–Kier alpha value is -4.16. The van der Waals surface area contributed by atoms with Crippen molar-refractivity contribution in [2.24, 2.45) is 0 Å². The third kappa shape index (κ3) is 7.14. The van der Waals surface area contributed by atoms with E-state index < -0.39 is 52.4 Å². The highest BCUT2D eigenvalue weighted by Crippen LogP contribution is 2.71. The number of benzene rings is 6. The molecule has 0 aromatic heterocycles. The normalized spacial score (nSPS) is 13.1. The molecule has 6 aromatic carbocycles. The zero-order chi connectivity index (χ0) is 33.5. The van der Waals surface area contributed by atoms with Gasteiger partial charge in [-0.25, -0.2) is 7.26 Å². The highest BCUT2D eigenvalue weighted by atomic mass is 32.3. The summed E-state index contributed by atoms with van der Waals surface area (Å²) in [5.74, 6) is -1.63. The predicted octanol–water partition coefficient (Wildman–Crippen LogP) is 9.47. The van der Waals surface area contributed by atoms with Gasteiger partial charge >= 0.3 is 0 Å². The Kier molecular flexibility index (Phi) is 10.2. The SMILES string of the molecule is O=S(=O)(CCS(=O)(=O)OS(c1ccccc1)(c1ccccc1)c1ccccc1)OS(c1ccccc1)(c1ccccc1)c1ccccc1. The zero-order valence-corrected chi connectivity index (χ0v) is 29.1. The van der Waals surface area contributed by atoms with Gasteiger partial charge in [-0.15, -0.1) is 0 Å². The molecule has 0 aliphatic rings. The molecule has 6 aromatic rings. The van der Waals surface area contributed by atoms with Crippen LogP contribution >= 0.6 is 20.6 Å². The molecule has 0 aliphatic heterocycles. The van der Waals surface area contributed by atoms with Gasteiger partial charge < -0.3 is 0 Å². The average molecular weight is 715 g/mol. The fourth-order valence-corrected chi connectivity index (χ4v) is 16.7. The van der Waals surface area contributed by atoms with E-state index in [9.17, 15) is 16.8 Å². The fraction of sp³-hybridized carbons (Fsp3) is 0.0526. The molecule has 0 saturated carbocycles. The van der Waals surface area contributed by atoms with Crippen molar-refractivity contribution in [2.45, 2.75) is 29.4 Å². The van der Waals surface area contributed by atoms with Crippen LogP contribution < -0.4 is 0 Å². The molecule has 0 fully saturated rings. The van der Waals surface area contributed by atoms with Crippen molar-refractivity contribution in [1.82, 2.24) is 0 Å². The average Bonchev–Trinajstić information content (AvgIpc) is 3.14. The van der Waals surface area contributed by atoms with Crippen molar-refractivity contribution in [2.75, 3.05) is 11.5 Å². The molecule has 0 N–H and O–H groups in total. The van der Waals surface area contributed by atoms with Gasteiger partial charge in [0, 0.05) is 29.4 Å². The minimum absolute atomic E-state index is 0.658. The summed E-state index contributed by atoms with van der Waals surface area (Å²) >= 11 is 0. The summed E-state index contributed by atoms with van der Waals surface area (Å²) in [4.78, 5) is 3.95. The first-order valence-corrected chi connectivity index (χ1v) is 21.4. The standard InChI is InChI=1S/C38H34O6S4/c39-45(40,43-47(33-19-7-1-8-20-33,34-21-9-2-10-22-34)35-23-11-3-12-24-35)31-32-46(41,42)44-48(36-25-13-4-14-26-36,37-27-15-5-16-28-37)38-29-17-6-18-30-38/h1-30H,31-32H2. The summed E-state index contributed by atoms with van der Waals surface area (Å²) in [5, 5.41) is 0. The second-order valence-electron chi connectivity index (χ2n) is 10.7. The van der Waals surface area contributed by atoms with Gasteiger partial charge in [-0.3, -0.25) is 0 Å². The van der Waals surface area contributed by atoms with Crippen molar-refractivity contribution in [3.05, 3.63) is 182 Å². The Morgan fingerprint density at radius 2 is 0.458 bits per heavy atom. The molecule has 6 rings (SSSR count). The van der Waals surface area contributed by atoms with Gasteiger partial charge in [0.2, 0.25) is 0 Å². The van der Waals surface area contributed by atoms with E-state index >= 15 is 0 Å². The molecular weight excluding hydrogens is 681 g/mol. The van der Waals surface area contributed by atoms with Gasteiger partial charge in [0.1, 0.15) is 0 Å². The van der Waals surface area contributed by atoms with Crippen LogP contribution in [-0.4, -0.2) is 28.3 Å². The summed E-state index contributed by atoms with van der Waals surface area (Å²) in [5.41, 5.74) is 0. The van der Waals surface area contributed by atoms with Crippen LogP contribution in [0.1, 0.15) is 0 Å². The minimum Gasteiger partial charge on any atom is -0.207 e. The third-order valence-electron chi connectivity index (χ3n) is 7.45. The van der Waals surface area contributed by atoms with E-state index in [1.807, 2.05) is 182 Å². The van der Waals surface area contributed by atoms with Crippen LogP contribution in [0.15, 0.2) is 211 Å². The first kappa shape index (κ1) is 33.7. The first-order valence-electron chi connectivity index (χ1n) is 15.1. The quantitative estimate of drug-likeness (QED) is 0.119. The van der Waals surface area contributed by atoms with Gasteiger partial charge in [-0.05, 0) is 93.4 Å². The molecule has 0 saturated heterocycles. The molecule has 6 nitrogen and oxygen atoms in total. The van der Waals surface area contributed by atoms with Gasteiger partial charge in [-0.1, -0.05) is 109 Å². The van der Waals surface area contributed by atoms with E-state index in [1.165, 1.54) is 0 Å². The second-order valence-corrected chi connectivity index (χ2v) is 19.8. The number of hydrogen-bond acceptors (Lipinski definition) is 6. The molecule has 0 unspecified atom stereocenters. The van der Waals surface area contributed by atoms with E-state index in [1.54, 1.807) is 0 Å². The topological polar surface area (TPSA) is 86.7 Å². The van der Waals surface area contributed by atoms with Crippen LogP contribution in [0.4, 0.5) is 0 Å². The maximum absolute atomic E-state index is 14.1. The minimum atomic E-state index is -4.48. The van der Waals surface area contributed by atoms with Crippen LogP contribution in [0, 0.1) is 0 Å². The monoisotopic (exact) mass is 714 g/mol. The van der Waals surface area contributed by atoms with Crippen LogP contribution in [0.3, 0.4) is 0 Å². The van der Waals surface area contributed by atoms with E-state index in [0.29, 0.717) is 29.4 Å². The molecule has 0 radical (unpaired) electrons. The second kappa shape index (κ2) is 14.5. The van der Waals surface area contributed by atoms with Gasteiger partial charge in [0.25, 0.3) is 20.2 Å². The number of rotatable bonds is 13. The predicted molar refractivity (Wildman–Crippen MR) is 193 cm³/mol. The maximum atomic E-state index is 14.1.